The maximum Gasteiger partial charge on any atom is 0.332 e. The summed E-state index contributed by atoms with van der Waals surface area (Å²) in [6.45, 7) is 7.65. The Hall–Kier alpha value is -2.48. The van der Waals surface area contributed by atoms with Gasteiger partial charge in [-0.1, -0.05) is 0 Å². The highest BCUT2D eigenvalue weighted by molar-refractivity contribution is 6.65. The smallest absolute Gasteiger partial charge is 0.332 e. The van der Waals surface area contributed by atoms with Crippen molar-refractivity contribution < 1.29 is 52.7 Å². The summed E-state index contributed by atoms with van der Waals surface area (Å²) in [5.74, 6) is -1.95. The highest BCUT2D eigenvalue weighted by atomic mass is 28.4. The van der Waals surface area contributed by atoms with Gasteiger partial charge in [0.15, 0.2) is 6.29 Å². The highest BCUT2D eigenvalue weighted by Crippen LogP contribution is 2.38. The predicted octanol–water partition coefficient (Wildman–Crippen LogP) is -3.64. The first-order chi connectivity index (χ1) is 18.7. The van der Waals surface area contributed by atoms with E-state index in [0.29, 0.717) is 5.56 Å². The zero-order valence-electron chi connectivity index (χ0n) is 22.9. The van der Waals surface area contributed by atoms with Gasteiger partial charge in [0, 0.05) is 25.8 Å². The van der Waals surface area contributed by atoms with Crippen molar-refractivity contribution in [3.63, 3.8) is 0 Å². The molecule has 0 aliphatic carbocycles. The average Bonchev–Trinajstić information content (AvgIpc) is 3.20. The van der Waals surface area contributed by atoms with Gasteiger partial charge < -0.3 is 58.2 Å². The van der Waals surface area contributed by atoms with Crippen molar-refractivity contribution in [2.75, 3.05) is 13.7 Å². The summed E-state index contributed by atoms with van der Waals surface area (Å²) < 4.78 is 34.7. The van der Waals surface area contributed by atoms with Crippen molar-refractivity contribution in [2.45, 2.75) is 95.0 Å². The van der Waals surface area contributed by atoms with Crippen LogP contribution < -0.4 is 21.7 Å². The summed E-state index contributed by atoms with van der Waals surface area (Å²) in [5.41, 5.74) is -0.293. The molecule has 4 heterocycles. The molecule has 3 aliphatic rings. The Bertz CT molecular complexity index is 1160. The van der Waals surface area contributed by atoms with Gasteiger partial charge in [0.2, 0.25) is 5.91 Å². The van der Waals surface area contributed by atoms with Crippen molar-refractivity contribution in [2.24, 2.45) is 0 Å². The molecule has 1 aromatic rings. The number of H-pyrrole nitrogens is 2. The van der Waals surface area contributed by atoms with Crippen LogP contribution >= 0.6 is 0 Å². The van der Waals surface area contributed by atoms with E-state index in [9.17, 15) is 34.5 Å². The number of fused-ring (bicyclic) bond motifs is 1. The van der Waals surface area contributed by atoms with Crippen LogP contribution in [-0.2, 0) is 37.4 Å². The van der Waals surface area contributed by atoms with Crippen LogP contribution in [0.5, 0.6) is 0 Å². The molecule has 40 heavy (non-hydrogen) atoms. The lowest BCUT2D eigenvalue weighted by Crippen LogP contribution is -2.68. The summed E-state index contributed by atoms with van der Waals surface area (Å²) in [7, 11) is -1.24. The molecule has 3 aliphatic heterocycles. The molecule has 17 heteroatoms. The van der Waals surface area contributed by atoms with Gasteiger partial charge >= 0.3 is 14.3 Å². The molecular weight excluding hydrogens is 554 g/mol. The molecule has 16 nitrogen and oxygen atoms in total. The fraction of sp³-hybridized carbons (Fsp3) is 0.739. The predicted molar refractivity (Wildman–Crippen MR) is 134 cm³/mol. The number of aliphatic hydroxyl groups is 2. The first kappa shape index (κ1) is 32.0. The van der Waals surface area contributed by atoms with Crippen LogP contribution in [0.25, 0.3) is 0 Å². The third-order valence-corrected chi connectivity index (χ3v) is 8.31. The third-order valence-electron chi connectivity index (χ3n) is 6.63. The van der Waals surface area contributed by atoms with E-state index in [1.54, 1.807) is 13.8 Å². The number of carboxylic acids is 1. The number of aromatic nitrogens is 2. The van der Waals surface area contributed by atoms with E-state index in [1.165, 1.54) is 20.2 Å². The Morgan fingerprint density at radius 3 is 2.35 bits per heavy atom. The number of amides is 1. The van der Waals surface area contributed by atoms with Gasteiger partial charge in [0.1, 0.15) is 48.8 Å². The molecule has 10 atom stereocenters. The molecule has 1 amide bonds. The maximum atomic E-state index is 11.8. The molecule has 10 unspecified atom stereocenters. The van der Waals surface area contributed by atoms with E-state index in [-0.39, 0.29) is 5.56 Å². The number of aliphatic hydroxyl groups excluding tert-OH is 2. The second kappa shape index (κ2) is 13.0. The number of carbonyl (C=O) groups excluding carboxylic acids is 2. The number of carbonyl (C=O) groups is 2. The van der Waals surface area contributed by atoms with E-state index >= 15 is 0 Å². The van der Waals surface area contributed by atoms with Crippen LogP contribution in [0, 0.1) is 6.92 Å². The van der Waals surface area contributed by atoms with Gasteiger partial charge in [0.05, 0.1) is 18.7 Å². The number of rotatable bonds is 6. The minimum Gasteiger partial charge on any atom is -0.547 e. The Balaban J connectivity index is 0.000000415. The fourth-order valence-electron chi connectivity index (χ4n) is 4.82. The summed E-state index contributed by atoms with van der Waals surface area (Å²) in [4.78, 5) is 48.9. The third kappa shape index (κ3) is 7.23. The zero-order valence-corrected chi connectivity index (χ0v) is 23.9. The zero-order chi connectivity index (χ0) is 29.9. The lowest BCUT2D eigenvalue weighted by molar-refractivity contribution is -0.345. The Kier molecular flexibility index (Phi) is 10.4. The molecule has 1 aromatic heterocycles. The molecule has 3 fully saturated rings. The average molecular weight is 591 g/mol. The molecule has 5 N–H and O–H groups in total. The number of nitrogens with one attached hydrogen (secondary N) is 3. The minimum absolute atomic E-state index is 0.334. The van der Waals surface area contributed by atoms with Crippen molar-refractivity contribution in [1.82, 2.24) is 15.3 Å². The van der Waals surface area contributed by atoms with E-state index in [4.69, 9.17) is 27.8 Å². The number of hydrogen-bond acceptors (Lipinski definition) is 13. The normalized spacial score (nSPS) is 36.6. The quantitative estimate of drug-likeness (QED) is 0.202. The van der Waals surface area contributed by atoms with Gasteiger partial charge in [-0.2, -0.15) is 0 Å². The molecule has 226 valence electrons. The lowest BCUT2D eigenvalue weighted by atomic mass is 9.94. The van der Waals surface area contributed by atoms with Crippen LogP contribution in [0.3, 0.4) is 0 Å². The molecule has 0 bridgehead atoms. The van der Waals surface area contributed by atoms with Crippen molar-refractivity contribution in [3.05, 3.63) is 32.6 Å². The van der Waals surface area contributed by atoms with Crippen LogP contribution in [-0.4, -0.2) is 115 Å². The lowest BCUT2D eigenvalue weighted by Gasteiger charge is -2.48. The van der Waals surface area contributed by atoms with Gasteiger partial charge in [-0.15, -0.1) is 0 Å². The Morgan fingerprint density at radius 1 is 1.18 bits per heavy atom. The van der Waals surface area contributed by atoms with Crippen LogP contribution in [0.15, 0.2) is 15.8 Å². The van der Waals surface area contributed by atoms with E-state index in [0.717, 1.165) is 0 Å². The SMILES string of the molecule is COC1C(O)C(CO)OC(OC2C(C(=O)[O-])OC(C)C3O[Si](C)(C)OC32)C1NC(C)=O.Cc1c[nH]c(=O)[nH]c1=O. The van der Waals surface area contributed by atoms with E-state index in [2.05, 4.69) is 15.3 Å². The fourth-order valence-corrected chi connectivity index (χ4v) is 6.78. The van der Waals surface area contributed by atoms with Crippen molar-refractivity contribution in [1.29, 1.82) is 0 Å². The monoisotopic (exact) mass is 590 g/mol. The first-order valence-corrected chi connectivity index (χ1v) is 15.4. The van der Waals surface area contributed by atoms with Crippen molar-refractivity contribution >= 4 is 20.4 Å². The molecule has 0 radical (unpaired) electrons. The summed E-state index contributed by atoms with van der Waals surface area (Å²) in [6.07, 6.45) is -7.89. The van der Waals surface area contributed by atoms with E-state index in [1.807, 2.05) is 13.1 Å². The van der Waals surface area contributed by atoms with Gasteiger partial charge in [-0.05, 0) is 26.9 Å². The molecule has 0 saturated carbocycles. The van der Waals surface area contributed by atoms with Crippen molar-refractivity contribution in [3.8, 4) is 0 Å². The number of carboxylic acid groups (broad SMARTS) is 1. The number of aromatic amines is 2. The summed E-state index contributed by atoms with van der Waals surface area (Å²) in [6, 6.07) is -1.01. The van der Waals surface area contributed by atoms with Gasteiger partial charge in [-0.3, -0.25) is 14.6 Å². The number of aliphatic carboxylic acids is 1. The molecule has 3 saturated heterocycles. The molecule has 0 aromatic carbocycles. The Labute approximate surface area is 230 Å². The maximum absolute atomic E-state index is 11.8. The Morgan fingerprint density at radius 2 is 1.82 bits per heavy atom. The highest BCUT2D eigenvalue weighted by Gasteiger charge is 2.57. The largest absolute Gasteiger partial charge is 0.547 e. The summed E-state index contributed by atoms with van der Waals surface area (Å²) >= 11 is 0. The topological polar surface area (TPSA) is 231 Å². The second-order valence-corrected chi connectivity index (χ2v) is 13.4. The minimum atomic E-state index is -2.57. The number of hydrogen-bond donors (Lipinski definition) is 5. The van der Waals surface area contributed by atoms with Crippen LogP contribution in [0.2, 0.25) is 13.1 Å². The second-order valence-electron chi connectivity index (χ2n) is 10.1. The van der Waals surface area contributed by atoms with Gasteiger partial charge in [0.25, 0.3) is 5.56 Å². The first-order valence-electron chi connectivity index (χ1n) is 12.6. The number of aryl methyl sites for hydroxylation is 1. The molecule has 0 spiro atoms. The summed E-state index contributed by atoms with van der Waals surface area (Å²) in [5, 5.41) is 34.5. The molecular formula is C23H36N3O13Si-. The van der Waals surface area contributed by atoms with E-state index < -0.39 is 93.9 Å². The number of ether oxygens (including phenoxy) is 4. The number of methoxy groups -OCH3 is 1. The molecule has 4 rings (SSSR count). The van der Waals surface area contributed by atoms with Gasteiger partial charge in [-0.25, -0.2) is 4.79 Å². The van der Waals surface area contributed by atoms with Crippen LogP contribution in [0.1, 0.15) is 19.4 Å². The standard InChI is InChI=1S/C18H31NO11Si.C5H6N2O2/c1-7-12-15(30-31(4,5)29-12)14(16(26-7)17(23)24)28-18-10(19-8(2)21)13(25-3)11(22)9(6-20)27-18;1-3-2-6-5(9)7-4(3)8/h7,9-16,18,20,22H,6H2,1-5H3,(H,19,21)(H,23,24);2H,1H3,(H2,6,7,8,9)/p-1. The van der Waals surface area contributed by atoms with Crippen LogP contribution in [0.4, 0.5) is 0 Å².